The van der Waals surface area contributed by atoms with Crippen molar-refractivity contribution >= 4 is 28.9 Å². The van der Waals surface area contributed by atoms with Gasteiger partial charge in [-0.1, -0.05) is 29.8 Å². The Labute approximate surface area is 183 Å². The van der Waals surface area contributed by atoms with Gasteiger partial charge in [0.05, 0.1) is 11.4 Å². The molecule has 6 heteroatoms. The fourth-order valence-corrected chi connectivity index (χ4v) is 3.92. The number of anilines is 4. The Hall–Kier alpha value is -3.41. The summed E-state index contributed by atoms with van der Waals surface area (Å²) >= 11 is 0. The zero-order chi connectivity index (χ0) is 21.8. The smallest absolute Gasteiger partial charge is 0.227 e. The molecule has 160 valence electrons. The second-order valence-corrected chi connectivity index (χ2v) is 8.24. The van der Waals surface area contributed by atoms with Gasteiger partial charge in [-0.3, -0.25) is 4.79 Å². The average molecular weight is 416 g/mol. The molecule has 0 spiro atoms. The molecule has 1 aliphatic heterocycles. The van der Waals surface area contributed by atoms with Crippen LogP contribution in [0, 0.1) is 26.7 Å². The number of aromatic nitrogens is 2. The Kier molecular flexibility index (Phi) is 6.16. The number of carbonyl (C=O) groups excluding carboxylic acids is 1. The number of benzene rings is 2. The lowest BCUT2D eigenvalue weighted by atomic mass is 9.96. The number of nitrogens with zero attached hydrogens (tertiary/aromatic N) is 3. The van der Waals surface area contributed by atoms with Gasteiger partial charge in [-0.15, -0.1) is 0 Å². The van der Waals surface area contributed by atoms with Crippen LogP contribution in [-0.4, -0.2) is 29.0 Å². The maximum atomic E-state index is 13.0. The van der Waals surface area contributed by atoms with E-state index in [1.54, 1.807) is 0 Å². The fourth-order valence-electron chi connectivity index (χ4n) is 3.92. The van der Waals surface area contributed by atoms with Crippen LogP contribution in [0.5, 0.6) is 0 Å². The van der Waals surface area contributed by atoms with E-state index in [0.717, 1.165) is 60.3 Å². The van der Waals surface area contributed by atoms with Crippen molar-refractivity contribution in [2.75, 3.05) is 28.6 Å². The molecule has 0 aliphatic carbocycles. The van der Waals surface area contributed by atoms with Crippen LogP contribution in [0.4, 0.5) is 23.0 Å². The van der Waals surface area contributed by atoms with Gasteiger partial charge in [-0.2, -0.15) is 0 Å². The summed E-state index contributed by atoms with van der Waals surface area (Å²) in [7, 11) is 0. The predicted molar refractivity (Wildman–Crippen MR) is 126 cm³/mol. The number of para-hydroxylation sites is 2. The number of hydrogen-bond acceptors (Lipinski definition) is 5. The van der Waals surface area contributed by atoms with Crippen LogP contribution in [0.1, 0.15) is 29.8 Å². The summed E-state index contributed by atoms with van der Waals surface area (Å²) in [5, 5.41) is 6.54. The third kappa shape index (κ3) is 5.20. The van der Waals surface area contributed by atoms with E-state index in [1.807, 2.05) is 56.3 Å². The molecule has 1 aromatic heterocycles. The highest BCUT2D eigenvalue weighted by molar-refractivity contribution is 5.96. The van der Waals surface area contributed by atoms with E-state index in [2.05, 4.69) is 44.6 Å². The van der Waals surface area contributed by atoms with Crippen molar-refractivity contribution in [2.24, 2.45) is 5.92 Å². The van der Waals surface area contributed by atoms with Gasteiger partial charge in [-0.05, 0) is 63.9 Å². The molecule has 3 aromatic rings. The van der Waals surface area contributed by atoms with Gasteiger partial charge in [0.25, 0.3) is 0 Å². The minimum absolute atomic E-state index is 0.0189. The standard InChI is InChI=1S/C25H29N5O/c1-17-8-10-21(11-9-17)28-22-6-4-5-7-23(22)29-24(31)20-12-14-30(15-13-20)25-26-18(2)16-19(3)27-25/h4-11,16,20,28H,12-15H2,1-3H3,(H,29,31). The minimum Gasteiger partial charge on any atom is -0.354 e. The summed E-state index contributed by atoms with van der Waals surface area (Å²) in [6.45, 7) is 7.60. The van der Waals surface area contributed by atoms with Crippen molar-refractivity contribution < 1.29 is 4.79 Å². The quantitative estimate of drug-likeness (QED) is 0.614. The molecule has 1 amide bonds. The van der Waals surface area contributed by atoms with E-state index >= 15 is 0 Å². The first-order chi connectivity index (χ1) is 15.0. The van der Waals surface area contributed by atoms with Crippen LogP contribution in [0.3, 0.4) is 0 Å². The van der Waals surface area contributed by atoms with E-state index in [-0.39, 0.29) is 11.8 Å². The third-order valence-corrected chi connectivity index (χ3v) is 5.63. The average Bonchev–Trinajstić information content (AvgIpc) is 2.76. The van der Waals surface area contributed by atoms with Gasteiger partial charge in [0.1, 0.15) is 0 Å². The lowest BCUT2D eigenvalue weighted by Crippen LogP contribution is -2.39. The number of piperidine rings is 1. The largest absolute Gasteiger partial charge is 0.354 e. The normalized spacial score (nSPS) is 14.4. The van der Waals surface area contributed by atoms with Crippen LogP contribution in [0.2, 0.25) is 0 Å². The van der Waals surface area contributed by atoms with E-state index < -0.39 is 0 Å². The molecule has 0 bridgehead atoms. The first kappa shape index (κ1) is 20.8. The number of hydrogen-bond donors (Lipinski definition) is 2. The highest BCUT2D eigenvalue weighted by Crippen LogP contribution is 2.28. The summed E-state index contributed by atoms with van der Waals surface area (Å²) in [4.78, 5) is 24.3. The summed E-state index contributed by atoms with van der Waals surface area (Å²) in [6.07, 6.45) is 1.57. The molecule has 31 heavy (non-hydrogen) atoms. The van der Waals surface area contributed by atoms with Crippen molar-refractivity contribution in [3.8, 4) is 0 Å². The summed E-state index contributed by atoms with van der Waals surface area (Å²) < 4.78 is 0. The van der Waals surface area contributed by atoms with Crippen LogP contribution in [0.25, 0.3) is 0 Å². The van der Waals surface area contributed by atoms with Crippen molar-refractivity contribution in [1.82, 2.24) is 9.97 Å². The number of rotatable bonds is 5. The second-order valence-electron chi connectivity index (χ2n) is 8.24. The van der Waals surface area contributed by atoms with Crippen molar-refractivity contribution in [2.45, 2.75) is 33.6 Å². The number of carbonyl (C=O) groups is 1. The van der Waals surface area contributed by atoms with Gasteiger partial charge in [0, 0.05) is 36.1 Å². The molecule has 0 atom stereocenters. The predicted octanol–water partition coefficient (Wildman–Crippen LogP) is 5.00. The van der Waals surface area contributed by atoms with Crippen molar-refractivity contribution in [3.05, 3.63) is 71.5 Å². The number of nitrogens with one attached hydrogen (secondary N) is 2. The molecule has 4 rings (SSSR count). The van der Waals surface area contributed by atoms with Crippen LogP contribution in [-0.2, 0) is 4.79 Å². The van der Waals surface area contributed by atoms with Gasteiger partial charge >= 0.3 is 0 Å². The first-order valence-electron chi connectivity index (χ1n) is 10.8. The Morgan fingerprint density at radius 1 is 0.903 bits per heavy atom. The molecule has 2 aromatic carbocycles. The van der Waals surface area contributed by atoms with Crippen LogP contribution in [0.15, 0.2) is 54.6 Å². The van der Waals surface area contributed by atoms with Crippen LogP contribution >= 0.6 is 0 Å². The van der Waals surface area contributed by atoms with Crippen LogP contribution < -0.4 is 15.5 Å². The topological polar surface area (TPSA) is 70.2 Å². The van der Waals surface area contributed by atoms with E-state index in [1.165, 1.54) is 5.56 Å². The van der Waals surface area contributed by atoms with E-state index in [9.17, 15) is 4.79 Å². The SMILES string of the molecule is Cc1ccc(Nc2ccccc2NC(=O)C2CCN(c3nc(C)cc(C)n3)CC2)cc1. The third-order valence-electron chi connectivity index (χ3n) is 5.63. The zero-order valence-electron chi connectivity index (χ0n) is 18.4. The lowest BCUT2D eigenvalue weighted by molar-refractivity contribution is -0.120. The Balaban J connectivity index is 1.39. The Morgan fingerprint density at radius 3 is 2.16 bits per heavy atom. The van der Waals surface area contributed by atoms with E-state index in [0.29, 0.717) is 0 Å². The maximum absolute atomic E-state index is 13.0. The van der Waals surface area contributed by atoms with Gasteiger partial charge in [0.15, 0.2) is 0 Å². The molecule has 0 radical (unpaired) electrons. The molecule has 1 saturated heterocycles. The zero-order valence-corrected chi connectivity index (χ0v) is 18.4. The minimum atomic E-state index is -0.0189. The lowest BCUT2D eigenvalue weighted by Gasteiger charge is -2.31. The summed E-state index contributed by atoms with van der Waals surface area (Å²) in [6, 6.07) is 18.0. The monoisotopic (exact) mass is 415 g/mol. The molecule has 0 saturated carbocycles. The molecule has 0 unspecified atom stereocenters. The molecule has 6 nitrogen and oxygen atoms in total. The highest BCUT2D eigenvalue weighted by Gasteiger charge is 2.26. The second kappa shape index (κ2) is 9.16. The summed E-state index contributed by atoms with van der Waals surface area (Å²) in [5.41, 5.74) is 5.84. The molecule has 1 fully saturated rings. The Morgan fingerprint density at radius 2 is 1.52 bits per heavy atom. The van der Waals surface area contributed by atoms with E-state index in [4.69, 9.17) is 0 Å². The van der Waals surface area contributed by atoms with Crippen molar-refractivity contribution in [1.29, 1.82) is 0 Å². The number of aryl methyl sites for hydroxylation is 3. The van der Waals surface area contributed by atoms with Gasteiger partial charge < -0.3 is 15.5 Å². The van der Waals surface area contributed by atoms with Crippen molar-refractivity contribution in [3.63, 3.8) is 0 Å². The highest BCUT2D eigenvalue weighted by atomic mass is 16.1. The van der Waals surface area contributed by atoms with Gasteiger partial charge in [0.2, 0.25) is 11.9 Å². The Bertz CT molecular complexity index is 1040. The molecular weight excluding hydrogens is 386 g/mol. The molecule has 2 heterocycles. The molecule has 2 N–H and O–H groups in total. The molecular formula is C25H29N5O. The first-order valence-corrected chi connectivity index (χ1v) is 10.8. The summed E-state index contributed by atoms with van der Waals surface area (Å²) in [5.74, 6) is 0.817. The maximum Gasteiger partial charge on any atom is 0.227 e. The number of amides is 1. The fraction of sp³-hybridized carbons (Fsp3) is 0.320. The van der Waals surface area contributed by atoms with Gasteiger partial charge in [-0.25, -0.2) is 9.97 Å². The molecule has 1 aliphatic rings.